The molecule has 0 aliphatic carbocycles. The van der Waals surface area contributed by atoms with Gasteiger partial charge in [0.25, 0.3) is 0 Å². The molecule has 0 aliphatic rings. The lowest BCUT2D eigenvalue weighted by Gasteiger charge is -2.06. The fraction of sp³-hybridized carbons (Fsp3) is 0.357. The summed E-state index contributed by atoms with van der Waals surface area (Å²) in [6.07, 6.45) is 3.48. The minimum absolute atomic E-state index is 0.00603. The van der Waals surface area contributed by atoms with Gasteiger partial charge >= 0.3 is 0 Å². The Morgan fingerprint density at radius 1 is 1.41 bits per heavy atom. The number of benzene rings is 1. The Morgan fingerprint density at radius 3 is 2.76 bits per heavy atom. The highest BCUT2D eigenvalue weighted by Crippen LogP contribution is 2.10. The van der Waals surface area contributed by atoms with E-state index in [2.05, 4.69) is 0 Å². The average Bonchev–Trinajstić information content (AvgIpc) is 2.37. The van der Waals surface area contributed by atoms with Crippen LogP contribution in [0.1, 0.15) is 12.5 Å². The van der Waals surface area contributed by atoms with E-state index in [-0.39, 0.29) is 18.3 Å². The monoisotopic (exact) mass is 250 g/mol. The molecule has 0 bridgehead atoms. The molecule has 1 N–H and O–H groups in total. The zero-order valence-corrected chi connectivity index (χ0v) is 10.8. The van der Waals surface area contributed by atoms with Crippen LogP contribution in [-0.2, 0) is 4.79 Å². The zero-order chi connectivity index (χ0) is 12.5. The molecule has 92 valence electrons. The molecule has 0 radical (unpaired) electrons. The first kappa shape index (κ1) is 14.0. The molecule has 0 fully saturated rings. The Morgan fingerprint density at radius 2 is 2.12 bits per heavy atom. The maximum absolute atomic E-state index is 11.7. The Kier molecular flexibility index (Phi) is 6.67. The molecule has 1 aromatic carbocycles. The van der Waals surface area contributed by atoms with Gasteiger partial charge in [0.2, 0.25) is 0 Å². The number of aliphatic hydroxyl groups excluding tert-OH is 1. The van der Waals surface area contributed by atoms with Crippen molar-refractivity contribution < 1.29 is 9.90 Å². The zero-order valence-electron chi connectivity index (χ0n) is 10.0. The molecular formula is C14H18O2S. The number of thioether (sulfide) groups is 1. The molecule has 1 atom stereocenters. The summed E-state index contributed by atoms with van der Waals surface area (Å²) in [7, 11) is 0. The van der Waals surface area contributed by atoms with Crippen LogP contribution in [0.3, 0.4) is 0 Å². The Labute approximate surface area is 107 Å². The van der Waals surface area contributed by atoms with Crippen molar-refractivity contribution in [2.24, 2.45) is 5.92 Å². The van der Waals surface area contributed by atoms with Gasteiger partial charge in [-0.1, -0.05) is 43.3 Å². The average molecular weight is 250 g/mol. The fourth-order valence-electron chi connectivity index (χ4n) is 1.31. The number of ketones is 1. The molecule has 1 rings (SSSR count). The summed E-state index contributed by atoms with van der Waals surface area (Å²) in [6.45, 7) is 2.09. The van der Waals surface area contributed by atoms with E-state index in [9.17, 15) is 4.79 Å². The van der Waals surface area contributed by atoms with E-state index in [1.54, 1.807) is 17.8 Å². The SMILES string of the molecule is CC(CSCCO)C(=O)/C=C/c1ccccc1. The van der Waals surface area contributed by atoms with Crippen molar-refractivity contribution in [3.63, 3.8) is 0 Å². The number of rotatable bonds is 7. The Hall–Kier alpha value is -1.06. The molecule has 0 saturated carbocycles. The topological polar surface area (TPSA) is 37.3 Å². The normalized spacial score (nSPS) is 12.8. The first-order valence-electron chi connectivity index (χ1n) is 5.69. The second kappa shape index (κ2) is 8.09. The summed E-state index contributed by atoms with van der Waals surface area (Å²) in [5.41, 5.74) is 1.04. The third kappa shape index (κ3) is 5.71. The van der Waals surface area contributed by atoms with Gasteiger partial charge < -0.3 is 5.11 Å². The van der Waals surface area contributed by atoms with E-state index in [0.29, 0.717) is 5.75 Å². The van der Waals surface area contributed by atoms with Crippen molar-refractivity contribution in [2.45, 2.75) is 6.92 Å². The van der Waals surface area contributed by atoms with Gasteiger partial charge in [0.1, 0.15) is 0 Å². The smallest absolute Gasteiger partial charge is 0.159 e. The molecule has 0 saturated heterocycles. The third-order valence-electron chi connectivity index (χ3n) is 2.33. The van der Waals surface area contributed by atoms with Crippen LogP contribution >= 0.6 is 11.8 Å². The van der Waals surface area contributed by atoms with Gasteiger partial charge in [0.15, 0.2) is 5.78 Å². The summed E-state index contributed by atoms with van der Waals surface area (Å²) in [5.74, 6) is 1.60. The molecule has 0 heterocycles. The predicted molar refractivity (Wildman–Crippen MR) is 74.1 cm³/mol. The van der Waals surface area contributed by atoms with Crippen molar-refractivity contribution >= 4 is 23.6 Å². The maximum Gasteiger partial charge on any atom is 0.159 e. The predicted octanol–water partition coefficient (Wildman–Crippen LogP) is 2.63. The minimum atomic E-state index is 0.00603. The number of allylic oxidation sites excluding steroid dienone is 1. The van der Waals surface area contributed by atoms with E-state index in [0.717, 1.165) is 11.3 Å². The summed E-state index contributed by atoms with van der Waals surface area (Å²) in [6, 6.07) is 9.78. The lowest BCUT2D eigenvalue weighted by atomic mass is 10.1. The standard InChI is InChI=1S/C14H18O2S/c1-12(11-17-10-9-15)14(16)8-7-13-5-3-2-4-6-13/h2-8,12,15H,9-11H2,1H3/b8-7+. The first-order chi connectivity index (χ1) is 8.24. The lowest BCUT2D eigenvalue weighted by molar-refractivity contribution is -0.117. The van der Waals surface area contributed by atoms with Crippen molar-refractivity contribution in [1.29, 1.82) is 0 Å². The summed E-state index contributed by atoms with van der Waals surface area (Å²) in [4.78, 5) is 11.7. The van der Waals surface area contributed by atoms with Crippen molar-refractivity contribution in [2.75, 3.05) is 18.1 Å². The van der Waals surface area contributed by atoms with E-state index in [4.69, 9.17) is 5.11 Å². The number of hydrogen-bond acceptors (Lipinski definition) is 3. The van der Waals surface area contributed by atoms with E-state index in [1.165, 1.54) is 0 Å². The van der Waals surface area contributed by atoms with E-state index in [1.807, 2.05) is 43.3 Å². The Balaban J connectivity index is 2.40. The highest BCUT2D eigenvalue weighted by atomic mass is 32.2. The van der Waals surface area contributed by atoms with E-state index < -0.39 is 0 Å². The van der Waals surface area contributed by atoms with Crippen LogP contribution in [0.2, 0.25) is 0 Å². The number of hydrogen-bond donors (Lipinski definition) is 1. The van der Waals surface area contributed by atoms with Crippen LogP contribution in [0.25, 0.3) is 6.08 Å². The summed E-state index contributed by atoms with van der Waals surface area (Å²) < 4.78 is 0. The number of carbonyl (C=O) groups is 1. The summed E-state index contributed by atoms with van der Waals surface area (Å²) in [5, 5.41) is 8.65. The van der Waals surface area contributed by atoms with Gasteiger partial charge in [-0.15, -0.1) is 0 Å². The summed E-state index contributed by atoms with van der Waals surface area (Å²) >= 11 is 1.61. The molecule has 0 aromatic heterocycles. The molecular weight excluding hydrogens is 232 g/mol. The van der Waals surface area contributed by atoms with Crippen LogP contribution in [0.5, 0.6) is 0 Å². The van der Waals surface area contributed by atoms with Gasteiger partial charge in [0, 0.05) is 17.4 Å². The third-order valence-corrected chi connectivity index (χ3v) is 3.54. The van der Waals surface area contributed by atoms with Crippen LogP contribution in [0.4, 0.5) is 0 Å². The molecule has 3 heteroatoms. The maximum atomic E-state index is 11.7. The number of aliphatic hydroxyl groups is 1. The lowest BCUT2D eigenvalue weighted by Crippen LogP contribution is -2.11. The number of carbonyl (C=O) groups excluding carboxylic acids is 1. The minimum Gasteiger partial charge on any atom is -0.396 e. The second-order valence-corrected chi connectivity index (χ2v) is 5.00. The van der Waals surface area contributed by atoms with Crippen LogP contribution in [0.15, 0.2) is 36.4 Å². The van der Waals surface area contributed by atoms with Crippen molar-refractivity contribution in [3.05, 3.63) is 42.0 Å². The van der Waals surface area contributed by atoms with Crippen LogP contribution in [0, 0.1) is 5.92 Å². The van der Waals surface area contributed by atoms with Gasteiger partial charge in [-0.2, -0.15) is 11.8 Å². The van der Waals surface area contributed by atoms with Crippen molar-refractivity contribution in [3.8, 4) is 0 Å². The quantitative estimate of drug-likeness (QED) is 0.597. The molecule has 0 spiro atoms. The highest BCUT2D eigenvalue weighted by molar-refractivity contribution is 7.99. The molecule has 1 unspecified atom stereocenters. The fourth-order valence-corrected chi connectivity index (χ4v) is 2.13. The first-order valence-corrected chi connectivity index (χ1v) is 6.85. The van der Waals surface area contributed by atoms with Gasteiger partial charge in [0.05, 0.1) is 6.61 Å². The highest BCUT2D eigenvalue weighted by Gasteiger charge is 2.09. The van der Waals surface area contributed by atoms with Crippen molar-refractivity contribution in [1.82, 2.24) is 0 Å². The Bertz CT molecular complexity index is 360. The molecule has 2 nitrogen and oxygen atoms in total. The molecule has 17 heavy (non-hydrogen) atoms. The molecule has 0 amide bonds. The van der Waals surface area contributed by atoms with Gasteiger partial charge in [-0.25, -0.2) is 0 Å². The van der Waals surface area contributed by atoms with Gasteiger partial charge in [-0.05, 0) is 11.6 Å². The van der Waals surface area contributed by atoms with Gasteiger partial charge in [-0.3, -0.25) is 4.79 Å². The van der Waals surface area contributed by atoms with Crippen LogP contribution in [-0.4, -0.2) is 29.0 Å². The largest absolute Gasteiger partial charge is 0.396 e. The van der Waals surface area contributed by atoms with Crippen LogP contribution < -0.4 is 0 Å². The van der Waals surface area contributed by atoms with E-state index >= 15 is 0 Å². The molecule has 1 aromatic rings. The molecule has 0 aliphatic heterocycles. The second-order valence-electron chi connectivity index (χ2n) is 3.85.